The molecule has 0 aromatic carbocycles. The summed E-state index contributed by atoms with van der Waals surface area (Å²) in [5.41, 5.74) is 12.6. The molecule has 0 saturated heterocycles. The van der Waals surface area contributed by atoms with Gasteiger partial charge in [-0.1, -0.05) is 12.2 Å². The highest BCUT2D eigenvalue weighted by molar-refractivity contribution is 5.22. The van der Waals surface area contributed by atoms with E-state index >= 15 is 0 Å². The number of rotatable bonds is 7. The Kier molecular flexibility index (Phi) is 7.41. The third kappa shape index (κ3) is 5.75. The molecule has 0 heterocycles. The number of allylic oxidation sites excluding steroid dienone is 4. The molecule has 0 rings (SSSR count). The Hall–Kier alpha value is -1.90. The zero-order valence-corrected chi connectivity index (χ0v) is 9.89. The fourth-order valence-electron chi connectivity index (χ4n) is 1.16. The lowest BCUT2D eigenvalue weighted by molar-refractivity contribution is 0.423. The van der Waals surface area contributed by atoms with Crippen LogP contribution in [0.25, 0.3) is 0 Å². The van der Waals surface area contributed by atoms with Gasteiger partial charge in [0.15, 0.2) is 0 Å². The molecular weight excluding hydrogens is 198 g/mol. The molecule has 0 aromatic heterocycles. The number of nitrogens with zero attached hydrogens (tertiary/aromatic N) is 1. The Morgan fingerprint density at radius 2 is 1.75 bits per heavy atom. The van der Waals surface area contributed by atoms with Gasteiger partial charge in [-0.3, -0.25) is 0 Å². The molecule has 0 atom stereocenters. The molecule has 0 radical (unpaired) electrons. The van der Waals surface area contributed by atoms with Crippen LogP contribution in [0, 0.1) is 0 Å². The Bertz CT molecular complexity index is 301. The maximum atomic E-state index is 5.67. The number of hydrogen-bond acceptors (Lipinski definition) is 3. The molecule has 0 unspecified atom stereocenters. The van der Waals surface area contributed by atoms with E-state index in [4.69, 9.17) is 11.5 Å². The molecule has 0 aromatic rings. The van der Waals surface area contributed by atoms with Crippen molar-refractivity contribution in [1.82, 2.24) is 4.90 Å². The minimum atomic E-state index is 0.624. The zero-order valence-electron chi connectivity index (χ0n) is 9.89. The lowest BCUT2D eigenvalue weighted by atomic mass is 10.3. The minimum Gasteiger partial charge on any atom is -0.405 e. The lowest BCUT2D eigenvalue weighted by Crippen LogP contribution is -2.21. The monoisotopic (exact) mass is 219 g/mol. The lowest BCUT2D eigenvalue weighted by Gasteiger charge is -2.21. The average Bonchev–Trinajstić information content (AvgIpc) is 2.26. The van der Waals surface area contributed by atoms with Gasteiger partial charge in [0.1, 0.15) is 0 Å². The fourth-order valence-corrected chi connectivity index (χ4v) is 1.16. The second kappa shape index (κ2) is 8.41. The van der Waals surface area contributed by atoms with Crippen molar-refractivity contribution in [2.45, 2.75) is 6.92 Å². The van der Waals surface area contributed by atoms with Gasteiger partial charge in [-0.05, 0) is 31.4 Å². The summed E-state index contributed by atoms with van der Waals surface area (Å²) >= 11 is 0. The summed E-state index contributed by atoms with van der Waals surface area (Å²) in [5, 5.41) is 0. The smallest absolute Gasteiger partial charge is 0.0357 e. The van der Waals surface area contributed by atoms with E-state index in [1.807, 2.05) is 31.2 Å². The van der Waals surface area contributed by atoms with Gasteiger partial charge in [0.2, 0.25) is 0 Å². The molecule has 0 aliphatic heterocycles. The summed E-state index contributed by atoms with van der Waals surface area (Å²) in [5.74, 6) is 0. The quantitative estimate of drug-likeness (QED) is 0.508. The Morgan fingerprint density at radius 1 is 1.19 bits per heavy atom. The van der Waals surface area contributed by atoms with Gasteiger partial charge >= 0.3 is 0 Å². The van der Waals surface area contributed by atoms with Gasteiger partial charge in [-0.2, -0.15) is 0 Å². The Balaban J connectivity index is 4.63. The van der Waals surface area contributed by atoms with Gasteiger partial charge in [0.05, 0.1) is 0 Å². The van der Waals surface area contributed by atoms with Crippen molar-refractivity contribution in [2.75, 3.05) is 13.1 Å². The van der Waals surface area contributed by atoms with Crippen LogP contribution in [-0.2, 0) is 0 Å². The number of hydrogen-bond donors (Lipinski definition) is 2. The first-order valence-electron chi connectivity index (χ1n) is 5.14. The zero-order chi connectivity index (χ0) is 12.4. The van der Waals surface area contributed by atoms with Gasteiger partial charge in [0, 0.05) is 24.5 Å². The maximum absolute atomic E-state index is 5.67. The fraction of sp³-hybridized carbons (Fsp3) is 0.231. The van der Waals surface area contributed by atoms with Crippen molar-refractivity contribution in [2.24, 2.45) is 11.5 Å². The van der Waals surface area contributed by atoms with Crippen LogP contribution in [0.2, 0.25) is 0 Å². The Labute approximate surface area is 98.1 Å². The van der Waals surface area contributed by atoms with E-state index in [1.165, 1.54) is 6.20 Å². The molecule has 0 aliphatic rings. The normalized spacial score (nSPS) is 12.8. The molecule has 0 spiro atoms. The molecule has 4 N–H and O–H groups in total. The van der Waals surface area contributed by atoms with Crippen LogP contribution in [0.15, 0.2) is 61.1 Å². The molecule has 0 saturated carbocycles. The van der Waals surface area contributed by atoms with Gasteiger partial charge in [-0.25, -0.2) is 0 Å². The van der Waals surface area contributed by atoms with E-state index < -0.39 is 0 Å². The summed E-state index contributed by atoms with van der Waals surface area (Å²) in [6, 6.07) is 0. The molecule has 16 heavy (non-hydrogen) atoms. The minimum absolute atomic E-state index is 0.624. The molecule has 0 amide bonds. The van der Waals surface area contributed by atoms with Crippen LogP contribution < -0.4 is 11.5 Å². The molecular formula is C13H21N3. The summed E-state index contributed by atoms with van der Waals surface area (Å²) in [7, 11) is 0. The van der Waals surface area contributed by atoms with Crippen molar-refractivity contribution >= 4 is 0 Å². The second-order valence-electron chi connectivity index (χ2n) is 3.32. The van der Waals surface area contributed by atoms with E-state index in [0.717, 1.165) is 18.8 Å². The van der Waals surface area contributed by atoms with Crippen LogP contribution in [-0.4, -0.2) is 18.0 Å². The van der Waals surface area contributed by atoms with Crippen molar-refractivity contribution < 1.29 is 0 Å². The van der Waals surface area contributed by atoms with Crippen LogP contribution in [0.3, 0.4) is 0 Å². The van der Waals surface area contributed by atoms with E-state index in [-0.39, 0.29) is 0 Å². The highest BCUT2D eigenvalue weighted by Gasteiger charge is 1.99. The number of nitrogens with two attached hydrogens (primary N) is 2. The molecule has 0 fully saturated rings. The van der Waals surface area contributed by atoms with Gasteiger partial charge in [-0.15, -0.1) is 13.2 Å². The maximum Gasteiger partial charge on any atom is 0.0357 e. The van der Waals surface area contributed by atoms with E-state index in [2.05, 4.69) is 18.1 Å². The van der Waals surface area contributed by atoms with Crippen molar-refractivity contribution in [3.8, 4) is 0 Å². The van der Waals surface area contributed by atoms with Crippen LogP contribution in [0.4, 0.5) is 0 Å². The summed E-state index contributed by atoms with van der Waals surface area (Å²) in [4.78, 5) is 2.13. The third-order valence-corrected chi connectivity index (χ3v) is 2.00. The summed E-state index contributed by atoms with van der Waals surface area (Å²) in [6.07, 6.45) is 10.5. The van der Waals surface area contributed by atoms with Crippen molar-refractivity contribution in [3.05, 3.63) is 61.1 Å². The first kappa shape index (κ1) is 14.1. The van der Waals surface area contributed by atoms with E-state index in [9.17, 15) is 0 Å². The summed E-state index contributed by atoms with van der Waals surface area (Å²) < 4.78 is 0. The highest BCUT2D eigenvalue weighted by Crippen LogP contribution is 2.04. The largest absolute Gasteiger partial charge is 0.405 e. The van der Waals surface area contributed by atoms with Crippen LogP contribution in [0.5, 0.6) is 0 Å². The predicted octanol–water partition coefficient (Wildman–Crippen LogP) is 1.88. The predicted molar refractivity (Wildman–Crippen MR) is 71.3 cm³/mol. The van der Waals surface area contributed by atoms with Crippen molar-refractivity contribution in [1.29, 1.82) is 0 Å². The van der Waals surface area contributed by atoms with E-state index in [1.54, 1.807) is 6.08 Å². The first-order valence-corrected chi connectivity index (χ1v) is 5.14. The van der Waals surface area contributed by atoms with Gasteiger partial charge < -0.3 is 16.4 Å². The molecule has 0 aliphatic carbocycles. The molecule has 3 nitrogen and oxygen atoms in total. The molecule has 88 valence electrons. The first-order chi connectivity index (χ1) is 7.65. The SMILES string of the molecule is C=CCN(CC=C)/C(C)=C/C=C(N)\C=C\N. The summed E-state index contributed by atoms with van der Waals surface area (Å²) in [6.45, 7) is 11.0. The topological polar surface area (TPSA) is 55.3 Å². The van der Waals surface area contributed by atoms with Crippen LogP contribution in [0.1, 0.15) is 6.92 Å². The van der Waals surface area contributed by atoms with Crippen LogP contribution >= 0.6 is 0 Å². The third-order valence-electron chi connectivity index (χ3n) is 2.00. The molecule has 3 heteroatoms. The highest BCUT2D eigenvalue weighted by atomic mass is 15.1. The van der Waals surface area contributed by atoms with Crippen molar-refractivity contribution in [3.63, 3.8) is 0 Å². The Morgan fingerprint density at radius 3 is 2.19 bits per heavy atom. The van der Waals surface area contributed by atoms with E-state index in [0.29, 0.717) is 5.70 Å². The average molecular weight is 219 g/mol. The molecule has 0 bridgehead atoms. The van der Waals surface area contributed by atoms with Gasteiger partial charge in [0.25, 0.3) is 0 Å². The second-order valence-corrected chi connectivity index (χ2v) is 3.32. The standard InChI is InChI=1S/C13H21N3/c1-4-10-16(11-5-2)12(3)6-7-13(15)8-9-14/h4-9H,1-2,10-11,14-15H2,3H3/b9-8+,12-6+,13-7+.